The Bertz CT molecular complexity index is 576. The molecular weight excluding hydrogens is 260 g/mol. The van der Waals surface area contributed by atoms with E-state index in [9.17, 15) is 0 Å². The van der Waals surface area contributed by atoms with Crippen LogP contribution in [-0.2, 0) is 12.8 Å². The molecule has 100 valence electrons. The summed E-state index contributed by atoms with van der Waals surface area (Å²) in [5.41, 5.74) is 5.24. The number of imidazole rings is 1. The number of benzene rings is 1. The van der Waals surface area contributed by atoms with Crippen LogP contribution in [-0.4, -0.2) is 17.1 Å². The summed E-state index contributed by atoms with van der Waals surface area (Å²) in [7, 11) is 1.71. The lowest BCUT2D eigenvalue weighted by molar-refractivity contribution is 0.414. The van der Waals surface area contributed by atoms with Crippen molar-refractivity contribution in [1.82, 2.24) is 9.97 Å². The number of ether oxygens (including phenoxy) is 1. The first-order valence-corrected chi connectivity index (χ1v) is 6.19. The van der Waals surface area contributed by atoms with Crippen LogP contribution >= 0.6 is 12.4 Å². The molecule has 0 bridgehead atoms. The number of H-pyrrole nitrogens is 1. The second-order valence-corrected chi connectivity index (χ2v) is 4.60. The second kappa shape index (κ2) is 5.93. The van der Waals surface area contributed by atoms with Crippen molar-refractivity contribution in [1.29, 1.82) is 0 Å². The van der Waals surface area contributed by atoms with E-state index in [2.05, 4.69) is 28.2 Å². The predicted octanol–water partition coefficient (Wildman–Crippen LogP) is 3.41. The minimum absolute atomic E-state index is 0. The van der Waals surface area contributed by atoms with Gasteiger partial charge in [-0.15, -0.1) is 12.4 Å². The minimum atomic E-state index is 0. The zero-order valence-electron chi connectivity index (χ0n) is 10.8. The number of halogens is 1. The number of methoxy groups -OCH3 is 1. The molecule has 4 heteroatoms. The van der Waals surface area contributed by atoms with Gasteiger partial charge in [-0.25, -0.2) is 4.98 Å². The molecule has 1 aliphatic rings. The molecule has 0 amide bonds. The van der Waals surface area contributed by atoms with Gasteiger partial charge < -0.3 is 9.72 Å². The van der Waals surface area contributed by atoms with E-state index in [1.165, 1.54) is 16.7 Å². The highest BCUT2D eigenvalue weighted by atomic mass is 35.5. The smallest absolute Gasteiger partial charge is 0.119 e. The number of allylic oxidation sites excluding steroid dienone is 1. The molecular formula is C15H17ClN2O. The summed E-state index contributed by atoms with van der Waals surface area (Å²) in [4.78, 5) is 7.28. The quantitative estimate of drug-likeness (QED) is 0.933. The van der Waals surface area contributed by atoms with Gasteiger partial charge in [0.1, 0.15) is 5.75 Å². The number of hydrogen-bond acceptors (Lipinski definition) is 2. The van der Waals surface area contributed by atoms with Gasteiger partial charge in [0.2, 0.25) is 0 Å². The molecule has 0 aliphatic heterocycles. The van der Waals surface area contributed by atoms with Crippen LogP contribution in [0.5, 0.6) is 5.75 Å². The van der Waals surface area contributed by atoms with Crippen molar-refractivity contribution >= 4 is 18.5 Å². The Morgan fingerprint density at radius 3 is 2.95 bits per heavy atom. The lowest BCUT2D eigenvalue weighted by atomic mass is 9.90. The van der Waals surface area contributed by atoms with Crippen LogP contribution in [0.15, 0.2) is 36.3 Å². The molecule has 1 aromatic heterocycles. The van der Waals surface area contributed by atoms with Crippen LogP contribution in [0.25, 0.3) is 6.08 Å². The molecule has 1 aliphatic carbocycles. The lowest BCUT2D eigenvalue weighted by Crippen LogP contribution is -2.02. The Labute approximate surface area is 119 Å². The van der Waals surface area contributed by atoms with Crippen LogP contribution in [0.3, 0.4) is 0 Å². The normalized spacial score (nSPS) is 13.2. The number of nitrogens with zero attached hydrogens (tertiary/aromatic N) is 1. The molecule has 0 unspecified atom stereocenters. The maximum atomic E-state index is 5.26. The highest BCUT2D eigenvalue weighted by Crippen LogP contribution is 2.28. The Balaban J connectivity index is 0.00000133. The zero-order chi connectivity index (χ0) is 12.4. The monoisotopic (exact) mass is 276 g/mol. The SMILES string of the molecule is COc1ccc2c(c1)CCC(Cc1c[nH]cn1)=C2.Cl. The summed E-state index contributed by atoms with van der Waals surface area (Å²) in [6.07, 6.45) is 9.11. The molecule has 0 spiro atoms. The van der Waals surface area contributed by atoms with Gasteiger partial charge in [-0.05, 0) is 36.1 Å². The van der Waals surface area contributed by atoms with Crippen LogP contribution in [0.2, 0.25) is 0 Å². The Hall–Kier alpha value is -1.74. The van der Waals surface area contributed by atoms with Crippen LogP contribution in [0, 0.1) is 0 Å². The largest absolute Gasteiger partial charge is 0.497 e. The summed E-state index contributed by atoms with van der Waals surface area (Å²) in [5.74, 6) is 0.943. The standard InChI is InChI=1S/C15H16N2O.ClH/c1-18-15-5-4-12-6-11(2-3-13(12)8-15)7-14-9-16-10-17-14;/h4-6,8-10H,2-3,7H2,1H3,(H,16,17);1H. The van der Waals surface area contributed by atoms with E-state index >= 15 is 0 Å². The molecule has 0 saturated carbocycles. The molecule has 0 radical (unpaired) electrons. The van der Waals surface area contributed by atoms with Crippen molar-refractivity contribution in [3.8, 4) is 5.75 Å². The fourth-order valence-corrected chi connectivity index (χ4v) is 2.41. The van der Waals surface area contributed by atoms with Crippen molar-refractivity contribution in [3.63, 3.8) is 0 Å². The van der Waals surface area contributed by atoms with E-state index in [1.807, 2.05) is 12.3 Å². The fourth-order valence-electron chi connectivity index (χ4n) is 2.41. The zero-order valence-corrected chi connectivity index (χ0v) is 11.7. The van der Waals surface area contributed by atoms with E-state index in [0.29, 0.717) is 0 Å². The number of hydrogen-bond donors (Lipinski definition) is 1. The van der Waals surface area contributed by atoms with Gasteiger partial charge in [0.05, 0.1) is 19.1 Å². The third-order valence-electron chi connectivity index (χ3n) is 3.39. The molecule has 0 atom stereocenters. The fraction of sp³-hybridized carbons (Fsp3) is 0.267. The van der Waals surface area contributed by atoms with Gasteiger partial charge in [-0.1, -0.05) is 17.7 Å². The number of aromatic amines is 1. The maximum absolute atomic E-state index is 5.26. The second-order valence-electron chi connectivity index (χ2n) is 4.60. The number of rotatable bonds is 3. The Morgan fingerprint density at radius 2 is 2.21 bits per heavy atom. The summed E-state index contributed by atoms with van der Waals surface area (Å²) in [6.45, 7) is 0. The number of aryl methyl sites for hydroxylation is 1. The van der Waals surface area contributed by atoms with E-state index in [1.54, 1.807) is 13.4 Å². The molecule has 2 aromatic rings. The molecule has 1 N–H and O–H groups in total. The van der Waals surface area contributed by atoms with E-state index in [0.717, 1.165) is 30.7 Å². The topological polar surface area (TPSA) is 37.9 Å². The number of fused-ring (bicyclic) bond motifs is 1. The van der Waals surface area contributed by atoms with E-state index < -0.39 is 0 Å². The van der Waals surface area contributed by atoms with Gasteiger partial charge in [-0.2, -0.15) is 0 Å². The van der Waals surface area contributed by atoms with Crippen molar-refractivity contribution in [2.75, 3.05) is 7.11 Å². The lowest BCUT2D eigenvalue weighted by Gasteiger charge is -2.16. The summed E-state index contributed by atoms with van der Waals surface area (Å²) < 4.78 is 5.26. The summed E-state index contributed by atoms with van der Waals surface area (Å²) in [6, 6.07) is 6.29. The molecule has 1 aromatic carbocycles. The minimum Gasteiger partial charge on any atom is -0.497 e. The van der Waals surface area contributed by atoms with Gasteiger partial charge >= 0.3 is 0 Å². The van der Waals surface area contributed by atoms with Gasteiger partial charge in [-0.3, -0.25) is 0 Å². The summed E-state index contributed by atoms with van der Waals surface area (Å²) >= 11 is 0. The first-order chi connectivity index (χ1) is 8.85. The van der Waals surface area contributed by atoms with Crippen molar-refractivity contribution in [2.45, 2.75) is 19.3 Å². The Morgan fingerprint density at radius 1 is 1.32 bits per heavy atom. The molecule has 0 saturated heterocycles. The first kappa shape index (κ1) is 13.7. The van der Waals surface area contributed by atoms with Crippen LogP contribution in [0.1, 0.15) is 23.2 Å². The maximum Gasteiger partial charge on any atom is 0.119 e. The molecule has 3 rings (SSSR count). The van der Waals surface area contributed by atoms with Gasteiger partial charge in [0.15, 0.2) is 0 Å². The third kappa shape index (κ3) is 2.99. The predicted molar refractivity (Wildman–Crippen MR) is 78.8 cm³/mol. The van der Waals surface area contributed by atoms with E-state index in [4.69, 9.17) is 4.74 Å². The van der Waals surface area contributed by atoms with Crippen LogP contribution < -0.4 is 4.74 Å². The summed E-state index contributed by atoms with van der Waals surface area (Å²) in [5, 5.41) is 0. The number of nitrogens with one attached hydrogen (secondary N) is 1. The average molecular weight is 277 g/mol. The van der Waals surface area contributed by atoms with Crippen LogP contribution in [0.4, 0.5) is 0 Å². The average Bonchev–Trinajstić information content (AvgIpc) is 2.91. The van der Waals surface area contributed by atoms with Crippen molar-refractivity contribution in [2.24, 2.45) is 0 Å². The highest BCUT2D eigenvalue weighted by Gasteiger charge is 2.12. The van der Waals surface area contributed by atoms with Gasteiger partial charge in [0, 0.05) is 12.6 Å². The molecule has 3 nitrogen and oxygen atoms in total. The van der Waals surface area contributed by atoms with Crippen molar-refractivity contribution < 1.29 is 4.74 Å². The van der Waals surface area contributed by atoms with Crippen molar-refractivity contribution in [3.05, 3.63) is 53.1 Å². The third-order valence-corrected chi connectivity index (χ3v) is 3.39. The first-order valence-electron chi connectivity index (χ1n) is 6.19. The number of aromatic nitrogens is 2. The Kier molecular flexibility index (Phi) is 4.27. The highest BCUT2D eigenvalue weighted by molar-refractivity contribution is 5.85. The van der Waals surface area contributed by atoms with Gasteiger partial charge in [0.25, 0.3) is 0 Å². The molecule has 19 heavy (non-hydrogen) atoms. The molecule has 1 heterocycles. The van der Waals surface area contributed by atoms with E-state index in [-0.39, 0.29) is 12.4 Å². The molecule has 0 fully saturated rings.